The van der Waals surface area contributed by atoms with Crippen molar-refractivity contribution < 1.29 is 31.9 Å². The van der Waals surface area contributed by atoms with Gasteiger partial charge >= 0.3 is 0 Å². The predicted octanol–water partition coefficient (Wildman–Crippen LogP) is 4.50. The minimum atomic E-state index is -3.13. The third kappa shape index (κ3) is 2.90. The van der Waals surface area contributed by atoms with Crippen LogP contribution in [0.4, 0.5) is 22.0 Å². The van der Waals surface area contributed by atoms with Crippen LogP contribution >= 0.6 is 0 Å². The van der Waals surface area contributed by atoms with Gasteiger partial charge in [-0.2, -0.15) is 0 Å². The quantitative estimate of drug-likeness (QED) is 0.314. The fourth-order valence-corrected chi connectivity index (χ4v) is 2.79. The number of hydrogen-bond acceptors (Lipinski definition) is 2. The molecule has 138 valence electrons. The van der Waals surface area contributed by atoms with E-state index in [2.05, 4.69) is 0 Å². The SMILES string of the molecule is O=C(c1ccccc1)C(O)(c1ccccc1)c1c(F)c(F)c(F)c(F)c1F. The summed E-state index contributed by atoms with van der Waals surface area (Å²) >= 11 is 0. The summed E-state index contributed by atoms with van der Waals surface area (Å²) in [5.41, 5.74) is -5.28. The number of rotatable bonds is 4. The predicted molar refractivity (Wildman–Crippen MR) is 86.4 cm³/mol. The van der Waals surface area contributed by atoms with E-state index in [0.717, 1.165) is 12.1 Å². The molecule has 0 bridgehead atoms. The topological polar surface area (TPSA) is 37.3 Å². The first-order valence-corrected chi connectivity index (χ1v) is 7.69. The molecule has 7 heteroatoms. The fraction of sp³-hybridized carbons (Fsp3) is 0.0500. The highest BCUT2D eigenvalue weighted by atomic mass is 19.2. The summed E-state index contributed by atoms with van der Waals surface area (Å²) in [4.78, 5) is 13.0. The van der Waals surface area contributed by atoms with Gasteiger partial charge in [0.05, 0.1) is 5.56 Å². The van der Waals surface area contributed by atoms with Gasteiger partial charge in [0.2, 0.25) is 11.6 Å². The number of carbonyl (C=O) groups is 1. The molecule has 3 aromatic rings. The van der Waals surface area contributed by atoms with E-state index in [1.54, 1.807) is 6.07 Å². The molecule has 0 saturated carbocycles. The van der Waals surface area contributed by atoms with Crippen LogP contribution in [0.5, 0.6) is 0 Å². The zero-order chi connectivity index (χ0) is 19.8. The molecule has 0 aliphatic heterocycles. The molecule has 0 aliphatic carbocycles. The molecule has 1 atom stereocenters. The summed E-state index contributed by atoms with van der Waals surface area (Å²) in [5.74, 6) is -12.7. The first-order valence-electron chi connectivity index (χ1n) is 7.69. The Morgan fingerprint density at radius 3 is 1.56 bits per heavy atom. The second-order valence-corrected chi connectivity index (χ2v) is 5.72. The molecule has 0 fully saturated rings. The highest BCUT2D eigenvalue weighted by Gasteiger charge is 2.47. The maximum Gasteiger partial charge on any atom is 0.203 e. The van der Waals surface area contributed by atoms with Gasteiger partial charge in [0.15, 0.2) is 28.9 Å². The molecule has 0 radical (unpaired) electrons. The molecule has 3 rings (SSSR count). The summed E-state index contributed by atoms with van der Waals surface area (Å²) in [5, 5.41) is 11.1. The third-order valence-electron chi connectivity index (χ3n) is 4.13. The van der Waals surface area contributed by atoms with Gasteiger partial charge in [-0.3, -0.25) is 4.79 Å². The van der Waals surface area contributed by atoms with Crippen molar-refractivity contribution >= 4 is 5.78 Å². The Bertz CT molecular complexity index is 977. The normalized spacial score (nSPS) is 13.3. The zero-order valence-electron chi connectivity index (χ0n) is 13.5. The first-order chi connectivity index (χ1) is 12.8. The van der Waals surface area contributed by atoms with Gasteiger partial charge in [0.25, 0.3) is 0 Å². The number of Topliss-reactive ketones (excluding diaryl/α,β-unsaturated/α-hetero) is 1. The molecule has 0 heterocycles. The van der Waals surface area contributed by atoms with Crippen molar-refractivity contribution in [3.63, 3.8) is 0 Å². The minimum Gasteiger partial charge on any atom is -0.373 e. The highest BCUT2D eigenvalue weighted by molar-refractivity contribution is 6.05. The van der Waals surface area contributed by atoms with E-state index in [4.69, 9.17) is 0 Å². The van der Waals surface area contributed by atoms with Crippen LogP contribution < -0.4 is 0 Å². The monoisotopic (exact) mass is 378 g/mol. The molecule has 0 aliphatic rings. The highest BCUT2D eigenvalue weighted by Crippen LogP contribution is 2.38. The number of benzene rings is 3. The average molecular weight is 378 g/mol. The molecule has 27 heavy (non-hydrogen) atoms. The van der Waals surface area contributed by atoms with Crippen LogP contribution in [-0.2, 0) is 5.60 Å². The minimum absolute atomic E-state index is 0.173. The van der Waals surface area contributed by atoms with E-state index in [-0.39, 0.29) is 11.1 Å². The van der Waals surface area contributed by atoms with Gasteiger partial charge < -0.3 is 5.11 Å². The molecule has 0 aromatic heterocycles. The van der Waals surface area contributed by atoms with Gasteiger partial charge in [-0.25, -0.2) is 22.0 Å². The van der Waals surface area contributed by atoms with Gasteiger partial charge in [-0.05, 0) is 5.56 Å². The Kier molecular flexibility index (Phi) is 4.80. The van der Waals surface area contributed by atoms with Crippen molar-refractivity contribution in [2.24, 2.45) is 0 Å². The molecule has 0 saturated heterocycles. The van der Waals surface area contributed by atoms with E-state index in [1.165, 1.54) is 42.5 Å². The Labute approximate surface area is 150 Å². The summed E-state index contributed by atoms with van der Waals surface area (Å²) in [7, 11) is 0. The standard InChI is InChI=1S/C20H11F5O2/c21-14-13(15(22)17(24)18(25)16(14)23)20(27,12-9-5-2-6-10-12)19(26)11-7-3-1-4-8-11/h1-10,27H. The zero-order valence-corrected chi connectivity index (χ0v) is 13.5. The van der Waals surface area contributed by atoms with E-state index < -0.39 is 46.0 Å². The van der Waals surface area contributed by atoms with E-state index in [9.17, 15) is 31.9 Å². The van der Waals surface area contributed by atoms with E-state index in [1.807, 2.05) is 0 Å². The number of ketones is 1. The lowest BCUT2D eigenvalue weighted by Crippen LogP contribution is -2.40. The lowest BCUT2D eigenvalue weighted by molar-refractivity contribution is 0.0449. The van der Waals surface area contributed by atoms with Gasteiger partial charge in [-0.1, -0.05) is 60.7 Å². The largest absolute Gasteiger partial charge is 0.373 e. The number of aliphatic hydroxyl groups is 1. The number of halogens is 5. The molecule has 1 unspecified atom stereocenters. The third-order valence-corrected chi connectivity index (χ3v) is 4.13. The van der Waals surface area contributed by atoms with Crippen molar-refractivity contribution in [3.8, 4) is 0 Å². The van der Waals surface area contributed by atoms with Crippen LogP contribution in [0.15, 0.2) is 60.7 Å². The molecule has 2 nitrogen and oxygen atoms in total. The van der Waals surface area contributed by atoms with Crippen LogP contribution in [-0.4, -0.2) is 10.9 Å². The van der Waals surface area contributed by atoms with E-state index >= 15 is 0 Å². The molecule has 0 spiro atoms. The van der Waals surface area contributed by atoms with Crippen molar-refractivity contribution in [2.75, 3.05) is 0 Å². The molecule has 1 N–H and O–H groups in total. The Hall–Kier alpha value is -3.06. The Morgan fingerprint density at radius 2 is 1.07 bits per heavy atom. The number of hydrogen-bond donors (Lipinski definition) is 1. The first kappa shape index (κ1) is 18.7. The van der Waals surface area contributed by atoms with Crippen LogP contribution in [0, 0.1) is 29.1 Å². The van der Waals surface area contributed by atoms with Crippen molar-refractivity contribution in [2.45, 2.75) is 5.60 Å². The van der Waals surface area contributed by atoms with Crippen molar-refractivity contribution in [1.82, 2.24) is 0 Å². The lowest BCUT2D eigenvalue weighted by atomic mass is 9.79. The van der Waals surface area contributed by atoms with Crippen LogP contribution in [0.2, 0.25) is 0 Å². The van der Waals surface area contributed by atoms with Crippen molar-refractivity contribution in [1.29, 1.82) is 0 Å². The Balaban J connectivity index is 2.39. The second kappa shape index (κ2) is 6.92. The van der Waals surface area contributed by atoms with E-state index in [0.29, 0.717) is 0 Å². The molecular formula is C20H11F5O2. The molecule has 0 amide bonds. The van der Waals surface area contributed by atoms with Gasteiger partial charge in [-0.15, -0.1) is 0 Å². The van der Waals surface area contributed by atoms with Crippen LogP contribution in [0.3, 0.4) is 0 Å². The van der Waals surface area contributed by atoms with Gasteiger partial charge in [0, 0.05) is 5.56 Å². The summed E-state index contributed by atoms with van der Waals surface area (Å²) in [6.45, 7) is 0. The maximum atomic E-state index is 14.4. The smallest absolute Gasteiger partial charge is 0.203 e. The van der Waals surface area contributed by atoms with Gasteiger partial charge in [0.1, 0.15) is 0 Å². The van der Waals surface area contributed by atoms with Crippen LogP contribution in [0.1, 0.15) is 21.5 Å². The summed E-state index contributed by atoms with van der Waals surface area (Å²) in [6.07, 6.45) is 0. The Morgan fingerprint density at radius 1 is 0.667 bits per heavy atom. The lowest BCUT2D eigenvalue weighted by Gasteiger charge is -2.29. The summed E-state index contributed by atoms with van der Waals surface area (Å²) in [6, 6.07) is 13.4. The number of carbonyl (C=O) groups excluding carboxylic acids is 1. The molecule has 3 aromatic carbocycles. The summed E-state index contributed by atoms with van der Waals surface area (Å²) < 4.78 is 69.7. The fourth-order valence-electron chi connectivity index (χ4n) is 2.79. The maximum absolute atomic E-state index is 14.4. The average Bonchev–Trinajstić information content (AvgIpc) is 2.71. The van der Waals surface area contributed by atoms with Crippen molar-refractivity contribution in [3.05, 3.63) is 106 Å². The second-order valence-electron chi connectivity index (χ2n) is 5.72. The molecular weight excluding hydrogens is 367 g/mol. The van der Waals surface area contributed by atoms with Crippen LogP contribution in [0.25, 0.3) is 0 Å².